The van der Waals surface area contributed by atoms with E-state index in [0.717, 1.165) is 6.42 Å². The minimum Gasteiger partial charge on any atom is -0.400 e. The van der Waals surface area contributed by atoms with E-state index < -0.39 is 19.5 Å². The first-order valence-corrected chi connectivity index (χ1v) is 9.00. The molecule has 0 aromatic carbocycles. The number of hydrogen-bond acceptors (Lipinski definition) is 3. The van der Waals surface area contributed by atoms with Crippen molar-refractivity contribution in [3.8, 4) is 0 Å². The highest BCUT2D eigenvalue weighted by Gasteiger charge is 2.29. The van der Waals surface area contributed by atoms with Gasteiger partial charge in [-0.05, 0) is 13.0 Å². The zero-order valence-corrected chi connectivity index (χ0v) is 12.1. The summed E-state index contributed by atoms with van der Waals surface area (Å²) in [5, 5.41) is 0. The summed E-state index contributed by atoms with van der Waals surface area (Å²) in [6.45, 7) is 9.29. The number of rotatable bonds is 7. The third-order valence-electron chi connectivity index (χ3n) is 2.06. The first-order valence-electron chi connectivity index (χ1n) is 5.01. The Kier molecular flexibility index (Phi) is 6.88. The van der Waals surface area contributed by atoms with E-state index in [2.05, 4.69) is 26.9 Å². The molecule has 0 unspecified atom stereocenters. The normalized spacial score (nSPS) is 16.4. The van der Waals surface area contributed by atoms with Gasteiger partial charge in [-0.3, -0.25) is 0 Å². The molecule has 80 valence electrons. The van der Waals surface area contributed by atoms with Crippen LogP contribution in [0.2, 0.25) is 13.1 Å². The molecule has 0 saturated carbocycles. The van der Waals surface area contributed by atoms with E-state index in [1.54, 1.807) is 0 Å². The van der Waals surface area contributed by atoms with Crippen molar-refractivity contribution in [3.05, 3.63) is 0 Å². The first-order chi connectivity index (χ1) is 6.08. The van der Waals surface area contributed by atoms with Crippen molar-refractivity contribution in [2.45, 2.75) is 39.7 Å². The Bertz CT molecular complexity index is 127. The number of hydrogen-bond donors (Lipinski definition) is 1. The maximum atomic E-state index is 5.70. The van der Waals surface area contributed by atoms with Crippen LogP contribution in [-0.4, -0.2) is 32.4 Å². The van der Waals surface area contributed by atoms with Gasteiger partial charge in [0.05, 0.1) is 0 Å². The van der Waals surface area contributed by atoms with Gasteiger partial charge in [0, 0.05) is 5.41 Å². The quantitative estimate of drug-likeness (QED) is 0.486. The Balaban J connectivity index is 4.13. The minimum atomic E-state index is -0.394. The van der Waals surface area contributed by atoms with E-state index in [1.165, 1.54) is 0 Å². The van der Waals surface area contributed by atoms with Gasteiger partial charge in [0.2, 0.25) is 0 Å². The summed E-state index contributed by atoms with van der Waals surface area (Å²) in [6, 6.07) is 0. The molecule has 0 aliphatic heterocycles. The lowest BCUT2D eigenvalue weighted by Gasteiger charge is -2.34. The molecule has 0 amide bonds. The highest BCUT2D eigenvalue weighted by Crippen LogP contribution is 2.27. The Morgan fingerprint density at radius 2 is 1.69 bits per heavy atom. The highest BCUT2D eigenvalue weighted by atomic mass is 28.2. The molecule has 0 aliphatic rings. The van der Waals surface area contributed by atoms with E-state index >= 15 is 0 Å². The maximum Gasteiger partial charge on any atom is 0.161 e. The predicted molar refractivity (Wildman–Crippen MR) is 62.2 cm³/mol. The molecule has 3 nitrogen and oxygen atoms in total. The SMILES string of the molecule is C[SiH2]OC(O[SiH2]C)C(C)(C)CCN. The van der Waals surface area contributed by atoms with E-state index in [0.29, 0.717) is 6.54 Å². The lowest BCUT2D eigenvalue weighted by molar-refractivity contribution is -0.0808. The molecule has 0 atom stereocenters. The van der Waals surface area contributed by atoms with Crippen molar-refractivity contribution in [1.82, 2.24) is 0 Å². The topological polar surface area (TPSA) is 44.5 Å². The van der Waals surface area contributed by atoms with Gasteiger partial charge in [-0.25, -0.2) is 0 Å². The second kappa shape index (κ2) is 6.72. The molecule has 0 bridgehead atoms. The van der Waals surface area contributed by atoms with Crippen molar-refractivity contribution in [3.63, 3.8) is 0 Å². The molecule has 0 fully saturated rings. The van der Waals surface area contributed by atoms with Crippen LogP contribution in [-0.2, 0) is 8.85 Å². The zero-order chi connectivity index (χ0) is 10.3. The molecule has 0 aromatic heterocycles. The van der Waals surface area contributed by atoms with Crippen LogP contribution in [0.15, 0.2) is 0 Å². The van der Waals surface area contributed by atoms with Crippen molar-refractivity contribution in [2.75, 3.05) is 6.54 Å². The molecule has 5 heteroatoms. The van der Waals surface area contributed by atoms with Crippen LogP contribution in [0, 0.1) is 5.41 Å². The van der Waals surface area contributed by atoms with Crippen LogP contribution >= 0.6 is 0 Å². The molecule has 0 radical (unpaired) electrons. The second-order valence-corrected chi connectivity index (χ2v) is 5.59. The zero-order valence-electron chi connectivity index (χ0n) is 9.30. The molecule has 0 saturated heterocycles. The predicted octanol–water partition coefficient (Wildman–Crippen LogP) is -0.0155. The summed E-state index contributed by atoms with van der Waals surface area (Å²) < 4.78 is 11.4. The van der Waals surface area contributed by atoms with E-state index in [1.807, 2.05) is 0 Å². The minimum absolute atomic E-state index is 0.00983. The molecule has 2 N–H and O–H groups in total. The van der Waals surface area contributed by atoms with Gasteiger partial charge >= 0.3 is 0 Å². The average Bonchev–Trinajstić information content (AvgIpc) is 2.04. The second-order valence-electron chi connectivity index (χ2n) is 3.77. The summed E-state index contributed by atoms with van der Waals surface area (Å²) in [4.78, 5) is 0. The smallest absolute Gasteiger partial charge is 0.161 e. The van der Waals surface area contributed by atoms with Gasteiger partial charge in [0.15, 0.2) is 19.5 Å². The van der Waals surface area contributed by atoms with E-state index in [4.69, 9.17) is 14.6 Å². The molecule has 0 aromatic rings. The van der Waals surface area contributed by atoms with Crippen LogP contribution in [0.5, 0.6) is 0 Å². The lowest BCUT2D eigenvalue weighted by Crippen LogP contribution is -2.37. The Morgan fingerprint density at radius 3 is 2.00 bits per heavy atom. The maximum absolute atomic E-state index is 5.70. The van der Waals surface area contributed by atoms with Crippen molar-refractivity contribution < 1.29 is 8.85 Å². The largest absolute Gasteiger partial charge is 0.400 e. The molecule has 0 heterocycles. The molecule has 13 heavy (non-hydrogen) atoms. The summed E-state index contributed by atoms with van der Waals surface area (Å²) in [5.74, 6) is 0. The van der Waals surface area contributed by atoms with Crippen LogP contribution in [0.25, 0.3) is 0 Å². The van der Waals surface area contributed by atoms with E-state index in [-0.39, 0.29) is 11.7 Å². The molecular formula is C8H23NO2Si2. The fourth-order valence-electron chi connectivity index (χ4n) is 1.29. The van der Waals surface area contributed by atoms with Crippen molar-refractivity contribution >= 4 is 19.5 Å². The van der Waals surface area contributed by atoms with Gasteiger partial charge in [-0.2, -0.15) is 0 Å². The average molecular weight is 221 g/mol. The third-order valence-corrected chi connectivity index (χ3v) is 3.33. The highest BCUT2D eigenvalue weighted by molar-refractivity contribution is 6.26. The summed E-state index contributed by atoms with van der Waals surface area (Å²) >= 11 is 0. The Hall–Kier alpha value is 0.314. The first kappa shape index (κ1) is 13.3. The van der Waals surface area contributed by atoms with Crippen molar-refractivity contribution in [2.24, 2.45) is 11.1 Å². The monoisotopic (exact) mass is 221 g/mol. The fraction of sp³-hybridized carbons (Fsp3) is 1.00. The molecule has 0 rings (SSSR count). The van der Waals surface area contributed by atoms with E-state index in [9.17, 15) is 0 Å². The van der Waals surface area contributed by atoms with Gasteiger partial charge in [-0.1, -0.05) is 26.9 Å². The molecule has 0 spiro atoms. The summed E-state index contributed by atoms with van der Waals surface area (Å²) in [6.07, 6.45) is 0.949. The third kappa shape index (κ3) is 4.92. The Morgan fingerprint density at radius 1 is 1.23 bits per heavy atom. The van der Waals surface area contributed by atoms with Gasteiger partial charge in [0.1, 0.15) is 6.29 Å². The van der Waals surface area contributed by atoms with Crippen LogP contribution in [0.1, 0.15) is 20.3 Å². The molecule has 0 aliphatic carbocycles. The number of nitrogens with two attached hydrogens (primary N) is 1. The van der Waals surface area contributed by atoms with Crippen molar-refractivity contribution in [1.29, 1.82) is 0 Å². The van der Waals surface area contributed by atoms with Crippen LogP contribution < -0.4 is 5.73 Å². The van der Waals surface area contributed by atoms with Crippen LogP contribution in [0.3, 0.4) is 0 Å². The van der Waals surface area contributed by atoms with Gasteiger partial charge in [0.25, 0.3) is 0 Å². The van der Waals surface area contributed by atoms with Gasteiger partial charge < -0.3 is 14.6 Å². The Labute approximate surface area is 86.3 Å². The van der Waals surface area contributed by atoms with Gasteiger partial charge in [-0.15, -0.1) is 0 Å². The summed E-state index contributed by atoms with van der Waals surface area (Å²) in [7, 11) is -0.788. The molecular weight excluding hydrogens is 198 g/mol. The van der Waals surface area contributed by atoms with Crippen LogP contribution in [0.4, 0.5) is 0 Å². The lowest BCUT2D eigenvalue weighted by atomic mass is 9.89. The fourth-order valence-corrected chi connectivity index (χ4v) is 3.18. The standard InChI is InChI=1S/C8H23NO2Si2/c1-8(2,5-6-9)7(10-12-3)11-13-4/h7H,5-6,9,12-13H2,1-4H3. The summed E-state index contributed by atoms with van der Waals surface area (Å²) in [5.41, 5.74) is 5.63.